The maximum atomic E-state index is 14.0. The molecule has 0 amide bonds. The molecule has 1 saturated heterocycles. The Labute approximate surface area is 254 Å². The molecule has 6 nitrogen and oxygen atoms in total. The molecule has 6 heteroatoms. The van der Waals surface area contributed by atoms with E-state index in [1.165, 1.54) is 33.4 Å². The van der Waals surface area contributed by atoms with Crippen LogP contribution >= 0.6 is 0 Å². The van der Waals surface area contributed by atoms with Gasteiger partial charge in [-0.3, -0.25) is 14.8 Å². The molecule has 1 aliphatic heterocycles. The van der Waals surface area contributed by atoms with E-state index in [2.05, 4.69) is 94.8 Å². The monoisotopic (exact) mass is 575 g/mol. The summed E-state index contributed by atoms with van der Waals surface area (Å²) in [7, 11) is 1.74. The van der Waals surface area contributed by atoms with Crippen molar-refractivity contribution in [2.45, 2.75) is 50.5 Å². The number of methoxy groups -OCH3 is 1. The van der Waals surface area contributed by atoms with Gasteiger partial charge in [-0.2, -0.15) is 5.10 Å². The van der Waals surface area contributed by atoms with Gasteiger partial charge in [0, 0.05) is 44.0 Å². The van der Waals surface area contributed by atoms with Crippen LogP contribution in [0.15, 0.2) is 60.7 Å². The maximum absolute atomic E-state index is 14.0. The zero-order valence-electron chi connectivity index (χ0n) is 25.3. The molecule has 3 unspecified atom stereocenters. The molecule has 1 saturated carbocycles. The van der Waals surface area contributed by atoms with E-state index in [1.807, 2.05) is 0 Å². The number of hydrogen-bond acceptors (Lipinski definition) is 5. The molecular weight excluding hydrogens is 534 g/mol. The number of ketones is 1. The van der Waals surface area contributed by atoms with E-state index in [0.29, 0.717) is 12.4 Å². The highest BCUT2D eigenvalue weighted by molar-refractivity contribution is 5.99. The zero-order chi connectivity index (χ0) is 29.4. The highest BCUT2D eigenvalue weighted by Crippen LogP contribution is 2.65. The lowest BCUT2D eigenvalue weighted by atomic mass is 9.70. The molecule has 7 rings (SSSR count). The Bertz CT molecular complexity index is 1670. The number of nitrogens with zero attached hydrogens (tertiary/aromatic N) is 2. The second-order valence-corrected chi connectivity index (χ2v) is 12.5. The summed E-state index contributed by atoms with van der Waals surface area (Å²) < 4.78 is 10.8. The fourth-order valence-electron chi connectivity index (χ4n) is 7.40. The van der Waals surface area contributed by atoms with Crippen molar-refractivity contribution in [1.82, 2.24) is 15.1 Å². The first-order valence-electron chi connectivity index (χ1n) is 15.8. The lowest BCUT2D eigenvalue weighted by Gasteiger charge is -2.32. The predicted molar refractivity (Wildman–Crippen MR) is 171 cm³/mol. The number of fused-ring (bicyclic) bond motifs is 3. The molecule has 2 fully saturated rings. The van der Waals surface area contributed by atoms with Crippen molar-refractivity contribution in [3.05, 3.63) is 99.7 Å². The molecule has 4 aromatic rings. The average molecular weight is 576 g/mol. The summed E-state index contributed by atoms with van der Waals surface area (Å²) in [4.78, 5) is 16.4. The standard InChI is InChI=1S/C37H41N3O3/c1-3-28-21-29-9-7-26(13-16-42-2)20-32(29)37(36(28)41)23-33(37)30-10-11-31-34(38-39-35(31)22-30)12-8-25-5-4-6-27(19-25)24-40-14-17-43-18-15-40/h4-12,19-20,22,28,33H,3,13-18,21,23-24H2,1-2H3,(H,38,39)/b12-8+. The molecule has 3 atom stereocenters. The molecular formula is C37H41N3O3. The predicted octanol–water partition coefficient (Wildman–Crippen LogP) is 6.33. The Morgan fingerprint density at radius 1 is 1.07 bits per heavy atom. The molecule has 3 aromatic carbocycles. The van der Waals surface area contributed by atoms with Crippen LogP contribution in [0.3, 0.4) is 0 Å². The minimum atomic E-state index is -0.403. The Hall–Kier alpha value is -3.58. The van der Waals surface area contributed by atoms with Crippen LogP contribution in [0.4, 0.5) is 0 Å². The van der Waals surface area contributed by atoms with E-state index in [-0.39, 0.29) is 11.8 Å². The zero-order valence-corrected chi connectivity index (χ0v) is 25.3. The van der Waals surface area contributed by atoms with Crippen molar-refractivity contribution in [3.8, 4) is 0 Å². The van der Waals surface area contributed by atoms with E-state index in [1.54, 1.807) is 7.11 Å². The molecule has 2 heterocycles. The highest BCUT2D eigenvalue weighted by Gasteiger charge is 2.64. The summed E-state index contributed by atoms with van der Waals surface area (Å²) in [5.41, 5.74) is 9.10. The van der Waals surface area contributed by atoms with Crippen LogP contribution in [0, 0.1) is 5.92 Å². The van der Waals surface area contributed by atoms with Gasteiger partial charge in [0.25, 0.3) is 0 Å². The minimum Gasteiger partial charge on any atom is -0.384 e. The minimum absolute atomic E-state index is 0.0994. The smallest absolute Gasteiger partial charge is 0.147 e. The van der Waals surface area contributed by atoms with Crippen molar-refractivity contribution >= 4 is 28.8 Å². The fraction of sp³-hybridized carbons (Fsp3) is 0.405. The number of aromatic amines is 1. The topological polar surface area (TPSA) is 67.5 Å². The van der Waals surface area contributed by atoms with E-state index in [9.17, 15) is 4.79 Å². The fourth-order valence-corrected chi connectivity index (χ4v) is 7.40. The summed E-state index contributed by atoms with van der Waals surface area (Å²) in [5.74, 6) is 0.731. The number of aromatic nitrogens is 2. The first kappa shape index (κ1) is 28.2. The van der Waals surface area contributed by atoms with Gasteiger partial charge in [-0.25, -0.2) is 0 Å². The van der Waals surface area contributed by atoms with Crippen LogP contribution in [-0.4, -0.2) is 60.9 Å². The van der Waals surface area contributed by atoms with Crippen LogP contribution in [0.2, 0.25) is 0 Å². The number of benzene rings is 3. The first-order valence-corrected chi connectivity index (χ1v) is 15.8. The third kappa shape index (κ3) is 5.37. The summed E-state index contributed by atoms with van der Waals surface area (Å²) in [6, 6.07) is 22.1. The van der Waals surface area contributed by atoms with Crippen molar-refractivity contribution in [2.75, 3.05) is 40.0 Å². The molecule has 222 valence electrons. The van der Waals surface area contributed by atoms with Gasteiger partial charge in [-0.05, 0) is 71.2 Å². The molecule has 2 aliphatic carbocycles. The van der Waals surface area contributed by atoms with Crippen LogP contribution in [0.25, 0.3) is 23.1 Å². The van der Waals surface area contributed by atoms with Crippen molar-refractivity contribution in [2.24, 2.45) is 5.92 Å². The van der Waals surface area contributed by atoms with E-state index in [4.69, 9.17) is 9.47 Å². The number of carbonyl (C=O) groups is 1. The maximum Gasteiger partial charge on any atom is 0.147 e. The van der Waals surface area contributed by atoms with Gasteiger partial charge in [-0.1, -0.05) is 67.6 Å². The Kier molecular flexibility index (Phi) is 7.76. The quantitative estimate of drug-likeness (QED) is 0.253. The molecule has 43 heavy (non-hydrogen) atoms. The molecule has 0 radical (unpaired) electrons. The summed E-state index contributed by atoms with van der Waals surface area (Å²) in [5, 5.41) is 9.02. The lowest BCUT2D eigenvalue weighted by molar-refractivity contribution is -0.126. The van der Waals surface area contributed by atoms with Gasteiger partial charge in [-0.15, -0.1) is 0 Å². The third-order valence-electron chi connectivity index (χ3n) is 9.89. The van der Waals surface area contributed by atoms with Crippen molar-refractivity contribution in [1.29, 1.82) is 0 Å². The summed E-state index contributed by atoms with van der Waals surface area (Å²) >= 11 is 0. The number of rotatable bonds is 9. The number of morpholine rings is 1. The SMILES string of the molecule is CCC1Cc2ccc(CCOC)cc2C2(CC2c2ccc3c(/C=C/c4cccc(CN5CCOCC5)c4)n[nH]c3c2)C1=O. The van der Waals surface area contributed by atoms with Gasteiger partial charge in [0.15, 0.2) is 0 Å². The van der Waals surface area contributed by atoms with Crippen LogP contribution < -0.4 is 0 Å². The van der Waals surface area contributed by atoms with Gasteiger partial charge < -0.3 is 9.47 Å². The summed E-state index contributed by atoms with van der Waals surface area (Å²) in [6.45, 7) is 7.38. The molecule has 3 aliphatic rings. The number of nitrogens with one attached hydrogen (secondary N) is 1. The molecule has 1 aromatic heterocycles. The highest BCUT2D eigenvalue weighted by atomic mass is 16.5. The van der Waals surface area contributed by atoms with Crippen LogP contribution in [0.1, 0.15) is 64.8 Å². The van der Waals surface area contributed by atoms with Gasteiger partial charge in [0.1, 0.15) is 5.78 Å². The number of ether oxygens (including phenoxy) is 2. The average Bonchev–Trinajstić information content (AvgIpc) is 3.66. The number of H-pyrrole nitrogens is 1. The van der Waals surface area contributed by atoms with E-state index >= 15 is 0 Å². The third-order valence-corrected chi connectivity index (χ3v) is 9.89. The van der Waals surface area contributed by atoms with E-state index < -0.39 is 5.41 Å². The molecule has 1 spiro atoms. The van der Waals surface area contributed by atoms with Gasteiger partial charge in [0.05, 0.1) is 36.4 Å². The van der Waals surface area contributed by atoms with Crippen molar-refractivity contribution in [3.63, 3.8) is 0 Å². The van der Waals surface area contributed by atoms with Gasteiger partial charge in [0.2, 0.25) is 0 Å². The second-order valence-electron chi connectivity index (χ2n) is 12.5. The van der Waals surface area contributed by atoms with Crippen molar-refractivity contribution < 1.29 is 14.3 Å². The van der Waals surface area contributed by atoms with E-state index in [0.717, 1.165) is 75.1 Å². The van der Waals surface area contributed by atoms with Gasteiger partial charge >= 0.3 is 0 Å². The Balaban J connectivity index is 1.13. The largest absolute Gasteiger partial charge is 0.384 e. The Morgan fingerprint density at radius 3 is 2.79 bits per heavy atom. The van der Waals surface area contributed by atoms with Crippen LogP contribution in [-0.2, 0) is 39.1 Å². The lowest BCUT2D eigenvalue weighted by Crippen LogP contribution is -2.36. The first-order chi connectivity index (χ1) is 21.1. The number of carbonyl (C=O) groups excluding carboxylic acids is 1. The number of Topliss-reactive ketones (excluding diaryl/α,β-unsaturated/α-hetero) is 1. The normalized spacial score (nSPS) is 23.8. The summed E-state index contributed by atoms with van der Waals surface area (Å²) in [6.07, 6.45) is 7.74. The van der Waals surface area contributed by atoms with Crippen LogP contribution in [0.5, 0.6) is 0 Å². The number of hydrogen-bond donors (Lipinski definition) is 1. The Morgan fingerprint density at radius 2 is 1.95 bits per heavy atom. The second kappa shape index (κ2) is 11.8. The molecule has 0 bridgehead atoms. The molecule has 1 N–H and O–H groups in total.